The van der Waals surface area contributed by atoms with Crippen LogP contribution in [0, 0.1) is 34.5 Å². The van der Waals surface area contributed by atoms with Crippen LogP contribution in [0.25, 0.3) is 0 Å². The van der Waals surface area contributed by atoms with Gasteiger partial charge in [0.15, 0.2) is 0 Å². The number of aliphatic hydroxyl groups excluding tert-OH is 2. The van der Waals surface area contributed by atoms with E-state index >= 15 is 0 Å². The average molecular weight is 504 g/mol. The lowest BCUT2D eigenvalue weighted by Gasteiger charge is -2.65. The Kier molecular flexibility index (Phi) is 5.78. The molecule has 0 spiro atoms. The topological polar surface area (TPSA) is 117 Å². The Morgan fingerprint density at radius 2 is 1.89 bits per heavy atom. The Labute approximate surface area is 213 Å². The number of nitrogens with zero attached hydrogens (tertiary/aromatic N) is 1. The van der Waals surface area contributed by atoms with Crippen molar-refractivity contribution in [2.75, 3.05) is 19.7 Å². The number of esters is 1. The molecule has 0 aromatic rings. The zero-order chi connectivity index (χ0) is 25.5. The van der Waals surface area contributed by atoms with Gasteiger partial charge in [0, 0.05) is 24.6 Å². The molecular formula is C28H41NO7. The summed E-state index contributed by atoms with van der Waals surface area (Å²) in [5, 5.41) is 33.7. The van der Waals surface area contributed by atoms with E-state index in [-0.39, 0.29) is 47.9 Å². The highest BCUT2D eigenvalue weighted by molar-refractivity contribution is 5.85. The SMILES string of the molecule is C[C@]12CC[C@H](OC(=O)N3CC[C@@H](O)C3)C[C@H]1CC[C@@H]1[C@@H]2C[C@@H](O)[C@]2(C)[C@@H](C3=CC(=O)OC3)CC[C@]12O. The van der Waals surface area contributed by atoms with Crippen LogP contribution in [0.3, 0.4) is 0 Å². The van der Waals surface area contributed by atoms with Crippen molar-refractivity contribution in [1.82, 2.24) is 4.90 Å². The summed E-state index contributed by atoms with van der Waals surface area (Å²) >= 11 is 0. The van der Waals surface area contributed by atoms with E-state index in [1.807, 2.05) is 6.92 Å². The average Bonchev–Trinajstić information content (AvgIpc) is 3.53. The summed E-state index contributed by atoms with van der Waals surface area (Å²) in [4.78, 5) is 26.0. The number of aliphatic hydroxyl groups is 3. The molecule has 0 bridgehead atoms. The van der Waals surface area contributed by atoms with Gasteiger partial charge in [0.25, 0.3) is 0 Å². The highest BCUT2D eigenvalue weighted by Gasteiger charge is 2.70. The number of hydrogen-bond donors (Lipinski definition) is 3. The zero-order valence-electron chi connectivity index (χ0n) is 21.5. The van der Waals surface area contributed by atoms with E-state index in [4.69, 9.17) is 9.47 Å². The van der Waals surface area contributed by atoms with Crippen LogP contribution >= 0.6 is 0 Å². The second-order valence-electron chi connectivity index (χ2n) is 13.0. The van der Waals surface area contributed by atoms with Gasteiger partial charge in [-0.25, -0.2) is 9.59 Å². The second-order valence-corrected chi connectivity index (χ2v) is 13.0. The molecule has 36 heavy (non-hydrogen) atoms. The first-order valence-corrected chi connectivity index (χ1v) is 14.0. The van der Waals surface area contributed by atoms with E-state index in [9.17, 15) is 24.9 Å². The summed E-state index contributed by atoms with van der Waals surface area (Å²) in [7, 11) is 0. The van der Waals surface area contributed by atoms with Crippen molar-refractivity contribution >= 4 is 12.1 Å². The fraction of sp³-hybridized carbons (Fsp3) is 0.857. The molecule has 8 heteroatoms. The van der Waals surface area contributed by atoms with Crippen LogP contribution in [0.2, 0.25) is 0 Å². The Bertz CT molecular complexity index is 968. The Hall–Kier alpha value is -1.64. The van der Waals surface area contributed by atoms with Gasteiger partial charge in [0.2, 0.25) is 0 Å². The fourth-order valence-electron chi connectivity index (χ4n) is 9.58. The molecule has 3 N–H and O–H groups in total. The molecule has 1 saturated heterocycles. The fourth-order valence-corrected chi connectivity index (χ4v) is 9.58. The van der Waals surface area contributed by atoms with E-state index in [0.717, 1.165) is 44.1 Å². The van der Waals surface area contributed by atoms with Gasteiger partial charge in [-0.1, -0.05) is 13.8 Å². The standard InChI is InChI=1S/C28H41NO7/c1-26-8-5-19(36-25(33)29-10-7-18(30)14-29)12-17(26)3-4-21-22(26)13-23(31)27(2)20(6-9-28(21,27)34)16-11-24(32)35-15-16/h11,17-23,30-31,34H,3-10,12-15H2,1-2H3/t17-,18-,19+,20-,21-,22+,23-,26+,27+,28+/m1/s1. The van der Waals surface area contributed by atoms with Gasteiger partial charge < -0.3 is 29.7 Å². The largest absolute Gasteiger partial charge is 0.458 e. The molecular weight excluding hydrogens is 462 g/mol. The minimum atomic E-state index is -0.972. The first-order valence-electron chi connectivity index (χ1n) is 14.0. The number of carbonyl (C=O) groups is 2. The minimum Gasteiger partial charge on any atom is -0.458 e. The highest BCUT2D eigenvalue weighted by Crippen LogP contribution is 2.70. The number of ether oxygens (including phenoxy) is 2. The Balaban J connectivity index is 1.19. The summed E-state index contributed by atoms with van der Waals surface area (Å²) in [5.74, 6) is 0.341. The van der Waals surface area contributed by atoms with Crippen LogP contribution in [0.4, 0.5) is 4.79 Å². The van der Waals surface area contributed by atoms with Crippen molar-refractivity contribution in [2.24, 2.45) is 34.5 Å². The van der Waals surface area contributed by atoms with Crippen molar-refractivity contribution in [2.45, 2.75) is 95.5 Å². The van der Waals surface area contributed by atoms with Crippen molar-refractivity contribution in [3.63, 3.8) is 0 Å². The molecule has 2 heterocycles. The molecule has 10 atom stereocenters. The van der Waals surface area contributed by atoms with Gasteiger partial charge in [0.1, 0.15) is 12.7 Å². The van der Waals surface area contributed by atoms with E-state index < -0.39 is 23.2 Å². The zero-order valence-corrected chi connectivity index (χ0v) is 21.5. The third-order valence-corrected chi connectivity index (χ3v) is 11.7. The molecule has 4 aliphatic carbocycles. The number of rotatable bonds is 2. The summed E-state index contributed by atoms with van der Waals surface area (Å²) < 4.78 is 11.1. The van der Waals surface area contributed by atoms with E-state index in [1.165, 1.54) is 0 Å². The summed E-state index contributed by atoms with van der Waals surface area (Å²) in [6.07, 6.45) is 7.12. The second kappa shape index (κ2) is 8.43. The van der Waals surface area contributed by atoms with Crippen LogP contribution in [0.1, 0.15) is 71.6 Å². The number of fused-ring (bicyclic) bond motifs is 5. The van der Waals surface area contributed by atoms with Crippen LogP contribution in [-0.2, 0) is 14.3 Å². The van der Waals surface area contributed by atoms with E-state index in [2.05, 4.69) is 6.92 Å². The highest BCUT2D eigenvalue weighted by atomic mass is 16.6. The first-order chi connectivity index (χ1) is 17.1. The van der Waals surface area contributed by atoms with Crippen molar-refractivity contribution in [3.8, 4) is 0 Å². The molecule has 200 valence electrons. The number of amides is 1. The lowest BCUT2D eigenvalue weighted by atomic mass is 9.42. The molecule has 6 rings (SSSR count). The quantitative estimate of drug-likeness (QED) is 0.496. The smallest absolute Gasteiger partial charge is 0.410 e. The Morgan fingerprint density at radius 3 is 2.58 bits per heavy atom. The molecule has 8 nitrogen and oxygen atoms in total. The third kappa shape index (κ3) is 3.43. The molecule has 2 aliphatic heterocycles. The summed E-state index contributed by atoms with van der Waals surface area (Å²) in [5.41, 5.74) is -0.758. The van der Waals surface area contributed by atoms with Gasteiger partial charge >= 0.3 is 12.1 Å². The number of cyclic esters (lactones) is 1. The van der Waals surface area contributed by atoms with Crippen molar-refractivity contribution in [1.29, 1.82) is 0 Å². The number of β-amino-alcohol motifs (C(OH)–C–C–N with tert-alkyl or cyclic N) is 1. The van der Waals surface area contributed by atoms with E-state index in [1.54, 1.807) is 11.0 Å². The maximum atomic E-state index is 12.6. The van der Waals surface area contributed by atoms with Crippen LogP contribution < -0.4 is 0 Å². The lowest BCUT2D eigenvalue weighted by Crippen LogP contribution is -2.67. The number of carbonyl (C=O) groups excluding carboxylic acids is 2. The predicted octanol–water partition coefficient (Wildman–Crippen LogP) is 2.79. The van der Waals surface area contributed by atoms with E-state index in [0.29, 0.717) is 38.3 Å². The Morgan fingerprint density at radius 1 is 1.08 bits per heavy atom. The lowest BCUT2D eigenvalue weighted by molar-refractivity contribution is -0.245. The first kappa shape index (κ1) is 24.7. The molecule has 5 fully saturated rings. The van der Waals surface area contributed by atoms with Crippen LogP contribution in [-0.4, -0.2) is 75.9 Å². The van der Waals surface area contributed by atoms with Gasteiger partial charge in [-0.05, 0) is 92.4 Å². The maximum Gasteiger partial charge on any atom is 0.410 e. The van der Waals surface area contributed by atoms with Crippen molar-refractivity contribution < 1.29 is 34.4 Å². The predicted molar refractivity (Wildman–Crippen MR) is 130 cm³/mol. The molecule has 1 amide bonds. The monoisotopic (exact) mass is 503 g/mol. The van der Waals surface area contributed by atoms with Crippen molar-refractivity contribution in [3.05, 3.63) is 11.6 Å². The van der Waals surface area contributed by atoms with Crippen LogP contribution in [0.5, 0.6) is 0 Å². The number of likely N-dealkylation sites (tertiary alicyclic amines) is 1. The minimum absolute atomic E-state index is 0.0164. The van der Waals surface area contributed by atoms with Gasteiger partial charge in [-0.15, -0.1) is 0 Å². The molecule has 0 radical (unpaired) electrons. The van der Waals surface area contributed by atoms with Gasteiger partial charge in [-0.3, -0.25) is 0 Å². The molecule has 0 unspecified atom stereocenters. The third-order valence-electron chi connectivity index (χ3n) is 11.7. The van der Waals surface area contributed by atoms with Crippen LogP contribution in [0.15, 0.2) is 11.6 Å². The molecule has 6 aliphatic rings. The van der Waals surface area contributed by atoms with Gasteiger partial charge in [0.05, 0.1) is 17.8 Å². The summed E-state index contributed by atoms with van der Waals surface area (Å²) in [6, 6.07) is 0. The normalized spacial score (nSPS) is 50.1. The van der Waals surface area contributed by atoms with Gasteiger partial charge in [-0.2, -0.15) is 0 Å². The number of hydrogen-bond acceptors (Lipinski definition) is 7. The maximum absolute atomic E-state index is 12.6. The molecule has 0 aromatic heterocycles. The molecule has 4 saturated carbocycles. The summed E-state index contributed by atoms with van der Waals surface area (Å²) in [6.45, 7) is 5.54. The molecule has 0 aromatic carbocycles.